The largest absolute Gasteiger partial charge is 0.486 e. The third-order valence-corrected chi connectivity index (χ3v) is 5.91. The zero-order valence-corrected chi connectivity index (χ0v) is 13.4. The molecule has 2 aromatic rings. The summed E-state index contributed by atoms with van der Waals surface area (Å²) in [6.45, 7) is 0.675. The van der Waals surface area contributed by atoms with E-state index >= 15 is 0 Å². The first-order valence-electron chi connectivity index (χ1n) is 6.18. The van der Waals surface area contributed by atoms with Crippen LogP contribution < -0.4 is 14.2 Å². The maximum atomic E-state index is 12.3. The van der Waals surface area contributed by atoms with Crippen LogP contribution in [0.1, 0.15) is 10.4 Å². The third-order valence-electron chi connectivity index (χ3n) is 2.85. The van der Waals surface area contributed by atoms with E-state index in [9.17, 15) is 13.2 Å². The lowest BCUT2D eigenvalue weighted by molar-refractivity contribution is 0.0970. The van der Waals surface area contributed by atoms with Gasteiger partial charge < -0.3 is 9.47 Å². The summed E-state index contributed by atoms with van der Waals surface area (Å²) < 4.78 is 37.3. The molecule has 1 aliphatic heterocycles. The molecular formula is C13H10ClNO5S2. The van der Waals surface area contributed by atoms with Crippen LogP contribution in [0.2, 0.25) is 4.34 Å². The molecule has 0 saturated heterocycles. The first-order valence-corrected chi connectivity index (χ1v) is 8.86. The molecule has 0 fully saturated rings. The number of carbonyl (C=O) groups excluding carboxylic acids is 1. The quantitative estimate of drug-likeness (QED) is 0.909. The van der Waals surface area contributed by atoms with E-state index in [1.54, 1.807) is 12.1 Å². The zero-order chi connectivity index (χ0) is 15.7. The molecule has 3 rings (SSSR count). The van der Waals surface area contributed by atoms with Crippen LogP contribution in [0.5, 0.6) is 11.5 Å². The van der Waals surface area contributed by atoms with Gasteiger partial charge in [0.05, 0.1) is 9.90 Å². The molecule has 0 spiro atoms. The molecule has 1 amide bonds. The van der Waals surface area contributed by atoms with Gasteiger partial charge in [-0.15, -0.1) is 11.3 Å². The summed E-state index contributed by atoms with van der Waals surface area (Å²) in [7, 11) is -3.98. The van der Waals surface area contributed by atoms with Crippen molar-refractivity contribution in [3.05, 3.63) is 40.2 Å². The Balaban J connectivity index is 1.89. The maximum Gasteiger partial charge on any atom is 0.273 e. The molecule has 116 valence electrons. The molecule has 0 bridgehead atoms. The lowest BCUT2D eigenvalue weighted by atomic mass is 10.1. The Morgan fingerprint density at radius 2 is 1.95 bits per heavy atom. The van der Waals surface area contributed by atoms with Gasteiger partial charge in [-0.1, -0.05) is 17.7 Å². The van der Waals surface area contributed by atoms with E-state index in [0.29, 0.717) is 23.3 Å². The first kappa shape index (κ1) is 15.1. The van der Waals surface area contributed by atoms with E-state index in [-0.39, 0.29) is 15.5 Å². The van der Waals surface area contributed by atoms with Crippen molar-refractivity contribution in [3.8, 4) is 11.5 Å². The molecule has 2 heterocycles. The number of amides is 1. The van der Waals surface area contributed by atoms with Crippen molar-refractivity contribution in [2.24, 2.45) is 0 Å². The van der Waals surface area contributed by atoms with Crippen molar-refractivity contribution in [1.82, 2.24) is 4.72 Å². The second-order valence-electron chi connectivity index (χ2n) is 4.32. The number of fused-ring (bicyclic) bond motifs is 1. The van der Waals surface area contributed by atoms with Gasteiger partial charge in [-0.05, 0) is 24.3 Å². The van der Waals surface area contributed by atoms with Crippen LogP contribution >= 0.6 is 22.9 Å². The smallest absolute Gasteiger partial charge is 0.273 e. The van der Waals surface area contributed by atoms with Crippen LogP contribution in [0.25, 0.3) is 0 Å². The molecule has 1 aromatic heterocycles. The number of sulfonamides is 1. The van der Waals surface area contributed by atoms with Crippen molar-refractivity contribution in [2.45, 2.75) is 4.21 Å². The van der Waals surface area contributed by atoms with Crippen LogP contribution in [0.4, 0.5) is 0 Å². The molecule has 0 radical (unpaired) electrons. The first-order chi connectivity index (χ1) is 10.5. The van der Waals surface area contributed by atoms with Crippen LogP contribution in [-0.4, -0.2) is 27.5 Å². The normalized spacial score (nSPS) is 13.7. The number of para-hydroxylation sites is 1. The minimum Gasteiger partial charge on any atom is -0.486 e. The molecule has 1 N–H and O–H groups in total. The molecule has 0 unspecified atom stereocenters. The Morgan fingerprint density at radius 3 is 2.68 bits per heavy atom. The number of nitrogens with one attached hydrogen (secondary N) is 1. The molecule has 0 aliphatic carbocycles. The topological polar surface area (TPSA) is 81.7 Å². The summed E-state index contributed by atoms with van der Waals surface area (Å²) in [5, 5.41) is 0. The molecular weight excluding hydrogens is 350 g/mol. The second kappa shape index (κ2) is 5.79. The molecule has 1 aromatic carbocycles. The average Bonchev–Trinajstić information content (AvgIpc) is 2.94. The summed E-state index contributed by atoms with van der Waals surface area (Å²) in [6, 6.07) is 7.50. The fourth-order valence-electron chi connectivity index (χ4n) is 1.92. The van der Waals surface area contributed by atoms with E-state index in [2.05, 4.69) is 0 Å². The molecule has 6 nitrogen and oxygen atoms in total. The van der Waals surface area contributed by atoms with Crippen molar-refractivity contribution in [1.29, 1.82) is 0 Å². The predicted molar refractivity (Wildman–Crippen MR) is 81.4 cm³/mol. The number of ether oxygens (including phenoxy) is 2. The van der Waals surface area contributed by atoms with Crippen LogP contribution in [0.15, 0.2) is 34.5 Å². The van der Waals surface area contributed by atoms with Gasteiger partial charge in [-0.25, -0.2) is 13.1 Å². The molecule has 0 atom stereocenters. The van der Waals surface area contributed by atoms with Gasteiger partial charge in [0, 0.05) is 0 Å². The Labute approximate surface area is 135 Å². The van der Waals surface area contributed by atoms with Crippen molar-refractivity contribution < 1.29 is 22.7 Å². The zero-order valence-electron chi connectivity index (χ0n) is 11.0. The van der Waals surface area contributed by atoms with Gasteiger partial charge in [-0.3, -0.25) is 4.79 Å². The predicted octanol–water partition coefficient (Wildman–Crippen LogP) is 2.29. The summed E-state index contributed by atoms with van der Waals surface area (Å²) >= 11 is 6.59. The minimum absolute atomic E-state index is 0.0344. The fourth-order valence-corrected chi connectivity index (χ4v) is 4.37. The van der Waals surface area contributed by atoms with Gasteiger partial charge >= 0.3 is 0 Å². The van der Waals surface area contributed by atoms with Gasteiger partial charge in [0.2, 0.25) is 0 Å². The summed E-state index contributed by atoms with van der Waals surface area (Å²) in [5.74, 6) is -0.131. The van der Waals surface area contributed by atoms with Crippen LogP contribution in [0, 0.1) is 0 Å². The summed E-state index contributed by atoms with van der Waals surface area (Å²) in [4.78, 5) is 12.3. The Bertz CT molecular complexity index is 831. The van der Waals surface area contributed by atoms with E-state index in [4.69, 9.17) is 21.1 Å². The van der Waals surface area contributed by atoms with Crippen molar-refractivity contribution in [3.63, 3.8) is 0 Å². The van der Waals surface area contributed by atoms with E-state index in [0.717, 1.165) is 11.3 Å². The number of halogens is 1. The lowest BCUT2D eigenvalue weighted by Gasteiger charge is -2.20. The standard InChI is InChI=1S/C13H10ClNO5S2/c14-10-4-5-11(21-10)22(17,18)15-13(16)8-2-1-3-9-12(8)20-7-6-19-9/h1-5H,6-7H2,(H,15,16). The molecule has 22 heavy (non-hydrogen) atoms. The van der Waals surface area contributed by atoms with Gasteiger partial charge in [0.15, 0.2) is 11.5 Å². The Hall–Kier alpha value is -1.77. The van der Waals surface area contributed by atoms with E-state index < -0.39 is 15.9 Å². The number of benzene rings is 1. The molecule has 1 aliphatic rings. The van der Waals surface area contributed by atoms with Crippen LogP contribution in [0.3, 0.4) is 0 Å². The third kappa shape index (κ3) is 2.90. The SMILES string of the molecule is O=C(NS(=O)(=O)c1ccc(Cl)s1)c1cccc2c1OCCO2. The minimum atomic E-state index is -3.98. The van der Waals surface area contributed by atoms with Gasteiger partial charge in [0.1, 0.15) is 17.4 Å². The number of rotatable bonds is 3. The summed E-state index contributed by atoms with van der Waals surface area (Å²) in [6.07, 6.45) is 0. The van der Waals surface area contributed by atoms with Gasteiger partial charge in [-0.2, -0.15) is 0 Å². The van der Waals surface area contributed by atoms with Crippen molar-refractivity contribution in [2.75, 3.05) is 13.2 Å². The van der Waals surface area contributed by atoms with E-state index in [1.807, 2.05) is 4.72 Å². The Kier molecular flexibility index (Phi) is 3.98. The average molecular weight is 360 g/mol. The van der Waals surface area contributed by atoms with Gasteiger partial charge in [0.25, 0.3) is 15.9 Å². The number of hydrogen-bond donors (Lipinski definition) is 1. The highest BCUT2D eigenvalue weighted by Gasteiger charge is 2.25. The number of hydrogen-bond acceptors (Lipinski definition) is 6. The maximum absolute atomic E-state index is 12.3. The monoisotopic (exact) mass is 359 g/mol. The number of thiophene rings is 1. The van der Waals surface area contributed by atoms with Crippen molar-refractivity contribution >= 4 is 38.9 Å². The molecule has 0 saturated carbocycles. The highest BCUT2D eigenvalue weighted by atomic mass is 35.5. The lowest BCUT2D eigenvalue weighted by Crippen LogP contribution is -2.31. The molecule has 9 heteroatoms. The number of carbonyl (C=O) groups is 1. The Morgan fingerprint density at radius 1 is 1.18 bits per heavy atom. The van der Waals surface area contributed by atoms with Crippen LogP contribution in [-0.2, 0) is 10.0 Å². The second-order valence-corrected chi connectivity index (χ2v) is 7.95. The highest BCUT2D eigenvalue weighted by molar-refractivity contribution is 7.92. The fraction of sp³-hybridized carbons (Fsp3) is 0.154. The highest BCUT2D eigenvalue weighted by Crippen LogP contribution is 2.34. The summed E-state index contributed by atoms with van der Waals surface area (Å²) in [5.41, 5.74) is 0.100. The van der Waals surface area contributed by atoms with E-state index in [1.165, 1.54) is 18.2 Å².